The Bertz CT molecular complexity index is 2380. The van der Waals surface area contributed by atoms with Crippen molar-refractivity contribution < 1.29 is 0 Å². The summed E-state index contributed by atoms with van der Waals surface area (Å²) >= 11 is 0. The predicted octanol–water partition coefficient (Wildman–Crippen LogP) is 13.5. The highest BCUT2D eigenvalue weighted by molar-refractivity contribution is 5.87. The minimum Gasteiger partial charge on any atom is -0.310 e. The topological polar surface area (TPSA) is 58.0 Å². The quantitative estimate of drug-likeness (QED) is 0.139. The average Bonchev–Trinajstić information content (AvgIpc) is 3.30. The van der Waals surface area contributed by atoms with E-state index in [2.05, 4.69) is 153 Å². The molecule has 9 rings (SSSR count). The lowest BCUT2D eigenvalue weighted by Gasteiger charge is -2.32. The van der Waals surface area contributed by atoms with Crippen molar-refractivity contribution in [2.75, 3.05) is 9.80 Å². The summed E-state index contributed by atoms with van der Waals surface area (Å²) in [6.07, 6.45) is 14.7. The van der Waals surface area contributed by atoms with Crippen molar-refractivity contribution in [2.45, 2.75) is 13.8 Å². The van der Waals surface area contributed by atoms with Crippen molar-refractivity contribution in [3.63, 3.8) is 0 Å². The van der Waals surface area contributed by atoms with Gasteiger partial charge in [0.15, 0.2) is 0 Å². The summed E-state index contributed by atoms with van der Waals surface area (Å²) in [5, 5.41) is 0. The Hall–Kier alpha value is -7.70. The minimum absolute atomic E-state index is 1.06. The zero-order valence-electron chi connectivity index (χ0n) is 32.3. The summed E-state index contributed by atoms with van der Waals surface area (Å²) in [5.41, 5.74) is 17.8. The van der Waals surface area contributed by atoms with Gasteiger partial charge in [-0.25, -0.2) is 0 Å². The van der Waals surface area contributed by atoms with Crippen LogP contribution < -0.4 is 9.80 Å². The zero-order chi connectivity index (χ0) is 39.3. The molecule has 58 heavy (non-hydrogen) atoms. The van der Waals surface area contributed by atoms with E-state index in [1.807, 2.05) is 98.1 Å². The number of aromatic nitrogens is 4. The second kappa shape index (κ2) is 16.2. The summed E-state index contributed by atoms with van der Waals surface area (Å²) in [6, 6.07) is 56.2. The van der Waals surface area contributed by atoms with E-state index < -0.39 is 0 Å². The highest BCUT2D eigenvalue weighted by atomic mass is 15.2. The number of anilines is 6. The van der Waals surface area contributed by atoms with Crippen molar-refractivity contribution in [1.29, 1.82) is 0 Å². The van der Waals surface area contributed by atoms with Gasteiger partial charge < -0.3 is 9.80 Å². The van der Waals surface area contributed by atoms with Crippen LogP contribution in [0, 0.1) is 13.8 Å². The van der Waals surface area contributed by atoms with Crippen LogP contribution in [0.5, 0.6) is 0 Å². The molecule has 0 saturated heterocycles. The SMILES string of the molecule is Cc1cc(C)c(N(c2ccc(-c3ccncc3)cc2)c2ccc(-c3ccncc3)cc2)cc1N(c1ccc(-c2ccncc2)cc1)c1ccc(-c2ccncc2)cc1. The van der Waals surface area contributed by atoms with Crippen LogP contribution >= 0.6 is 0 Å². The Morgan fingerprint density at radius 2 is 0.466 bits per heavy atom. The lowest BCUT2D eigenvalue weighted by atomic mass is 10.0. The Labute approximate surface area is 339 Å². The first-order valence-electron chi connectivity index (χ1n) is 19.3. The molecule has 0 N–H and O–H groups in total. The first-order valence-corrected chi connectivity index (χ1v) is 19.3. The Kier molecular flexibility index (Phi) is 10.0. The smallest absolute Gasteiger partial charge is 0.0511 e. The van der Waals surface area contributed by atoms with E-state index in [1.54, 1.807) is 0 Å². The number of benzene rings is 5. The van der Waals surface area contributed by atoms with Gasteiger partial charge in [0.1, 0.15) is 0 Å². The molecule has 0 amide bonds. The standard InChI is InChI=1S/C52H40N6/c1-37-35-38(2)52(58(49-15-7-41(8-16-49)45-23-31-55-32-24-45)50-17-9-42(10-18-50)46-25-33-56-34-26-46)36-51(37)57(47-11-3-39(4-12-47)43-19-27-53-28-20-43)48-13-5-40(6-14-48)44-21-29-54-30-22-44/h3-36H,1-2H3. The van der Waals surface area contributed by atoms with Crippen LogP contribution in [0.25, 0.3) is 44.5 Å². The van der Waals surface area contributed by atoms with Gasteiger partial charge >= 0.3 is 0 Å². The van der Waals surface area contributed by atoms with E-state index in [4.69, 9.17) is 0 Å². The second-order valence-corrected chi connectivity index (χ2v) is 14.2. The van der Waals surface area contributed by atoms with E-state index in [9.17, 15) is 0 Å². The van der Waals surface area contributed by atoms with Crippen molar-refractivity contribution in [2.24, 2.45) is 0 Å². The molecule has 6 heteroatoms. The van der Waals surface area contributed by atoms with Gasteiger partial charge in [0, 0.05) is 72.3 Å². The molecule has 0 bridgehead atoms. The molecule has 0 fully saturated rings. The van der Waals surface area contributed by atoms with E-state index in [0.717, 1.165) is 78.6 Å². The molecule has 0 atom stereocenters. The van der Waals surface area contributed by atoms with Crippen LogP contribution in [0.4, 0.5) is 34.1 Å². The third-order valence-corrected chi connectivity index (χ3v) is 10.6. The first kappa shape index (κ1) is 36.0. The lowest BCUT2D eigenvalue weighted by Crippen LogP contribution is -2.15. The molecule has 5 aromatic carbocycles. The van der Waals surface area contributed by atoms with Gasteiger partial charge in [0.25, 0.3) is 0 Å². The van der Waals surface area contributed by atoms with Crippen molar-refractivity contribution in [1.82, 2.24) is 19.9 Å². The van der Waals surface area contributed by atoms with Gasteiger partial charge in [0.2, 0.25) is 0 Å². The number of rotatable bonds is 10. The Morgan fingerprint density at radius 3 is 0.690 bits per heavy atom. The summed E-state index contributed by atoms with van der Waals surface area (Å²) in [4.78, 5) is 21.6. The van der Waals surface area contributed by atoms with Gasteiger partial charge in [-0.2, -0.15) is 0 Å². The van der Waals surface area contributed by atoms with E-state index in [-0.39, 0.29) is 0 Å². The normalized spacial score (nSPS) is 10.9. The Morgan fingerprint density at radius 1 is 0.259 bits per heavy atom. The average molecular weight is 749 g/mol. The summed E-state index contributed by atoms with van der Waals surface area (Å²) in [7, 11) is 0. The summed E-state index contributed by atoms with van der Waals surface area (Å²) in [5.74, 6) is 0. The number of hydrogen-bond donors (Lipinski definition) is 0. The summed E-state index contributed by atoms with van der Waals surface area (Å²) < 4.78 is 0. The molecule has 0 saturated carbocycles. The fraction of sp³-hybridized carbons (Fsp3) is 0.0385. The number of nitrogens with zero attached hydrogens (tertiary/aromatic N) is 6. The second-order valence-electron chi connectivity index (χ2n) is 14.2. The van der Waals surface area contributed by atoms with Crippen molar-refractivity contribution >= 4 is 34.1 Å². The minimum atomic E-state index is 1.06. The van der Waals surface area contributed by atoms with Crippen molar-refractivity contribution in [3.05, 3.63) is 218 Å². The largest absolute Gasteiger partial charge is 0.310 e. The fourth-order valence-corrected chi connectivity index (χ4v) is 7.56. The number of aryl methyl sites for hydroxylation is 2. The van der Waals surface area contributed by atoms with E-state index >= 15 is 0 Å². The zero-order valence-corrected chi connectivity index (χ0v) is 32.3. The van der Waals surface area contributed by atoms with Gasteiger partial charge in [-0.15, -0.1) is 0 Å². The number of hydrogen-bond acceptors (Lipinski definition) is 6. The number of pyridine rings is 4. The molecule has 6 nitrogen and oxygen atoms in total. The third-order valence-electron chi connectivity index (χ3n) is 10.6. The lowest BCUT2D eigenvalue weighted by molar-refractivity contribution is 1.20. The molecule has 9 aromatic rings. The molecule has 0 aliphatic heterocycles. The molecule has 0 aliphatic carbocycles. The van der Waals surface area contributed by atoms with Crippen molar-refractivity contribution in [3.8, 4) is 44.5 Å². The molecule has 278 valence electrons. The van der Waals surface area contributed by atoms with Crippen LogP contribution in [0.1, 0.15) is 11.1 Å². The Balaban J connectivity index is 1.18. The maximum Gasteiger partial charge on any atom is 0.0511 e. The summed E-state index contributed by atoms with van der Waals surface area (Å²) in [6.45, 7) is 4.40. The van der Waals surface area contributed by atoms with Crippen LogP contribution in [-0.4, -0.2) is 19.9 Å². The molecule has 0 spiro atoms. The molecule has 0 aliphatic rings. The maximum atomic E-state index is 4.22. The predicted molar refractivity (Wildman–Crippen MR) is 238 cm³/mol. The molecule has 4 aromatic heterocycles. The molecule has 4 heterocycles. The molecule has 0 radical (unpaired) electrons. The van der Waals surface area contributed by atoms with E-state index in [1.165, 1.54) is 11.1 Å². The van der Waals surface area contributed by atoms with Gasteiger partial charge in [-0.1, -0.05) is 54.6 Å². The van der Waals surface area contributed by atoms with Gasteiger partial charge in [0.05, 0.1) is 11.4 Å². The highest BCUT2D eigenvalue weighted by Gasteiger charge is 2.22. The molecular formula is C52H40N6. The van der Waals surface area contributed by atoms with Gasteiger partial charge in [-0.3, -0.25) is 19.9 Å². The van der Waals surface area contributed by atoms with E-state index in [0.29, 0.717) is 0 Å². The van der Waals surface area contributed by atoms with Crippen LogP contribution in [0.2, 0.25) is 0 Å². The van der Waals surface area contributed by atoms with Crippen LogP contribution in [0.15, 0.2) is 207 Å². The monoisotopic (exact) mass is 748 g/mol. The fourth-order valence-electron chi connectivity index (χ4n) is 7.56. The van der Waals surface area contributed by atoms with Gasteiger partial charge in [-0.05, 0) is 173 Å². The third kappa shape index (κ3) is 7.47. The maximum absolute atomic E-state index is 4.22. The molecular weight excluding hydrogens is 709 g/mol. The van der Waals surface area contributed by atoms with Crippen LogP contribution in [-0.2, 0) is 0 Å². The molecule has 0 unspecified atom stereocenters. The first-order chi connectivity index (χ1) is 28.6. The van der Waals surface area contributed by atoms with Crippen LogP contribution in [0.3, 0.4) is 0 Å². The highest BCUT2D eigenvalue weighted by Crippen LogP contribution is 2.45.